The number of halogens is 1. The van der Waals surface area contributed by atoms with E-state index in [1.165, 1.54) is 36.0 Å². The van der Waals surface area contributed by atoms with Crippen LogP contribution in [0.25, 0.3) is 11.1 Å². The van der Waals surface area contributed by atoms with Gasteiger partial charge in [0.1, 0.15) is 0 Å². The summed E-state index contributed by atoms with van der Waals surface area (Å²) in [6, 6.07) is 16.9. The fraction of sp³-hybridized carbons (Fsp3) is 0.400. The molecule has 0 spiro atoms. The summed E-state index contributed by atoms with van der Waals surface area (Å²) < 4.78 is 0. The van der Waals surface area contributed by atoms with Gasteiger partial charge in [-0.25, -0.2) is 0 Å². The molecule has 0 aliphatic heterocycles. The maximum Gasteiger partial charge on any atom is 0.0406 e. The molecule has 0 saturated heterocycles. The van der Waals surface area contributed by atoms with Crippen LogP contribution < -0.4 is 5.32 Å². The average Bonchev–Trinajstić information content (AvgIpc) is 2.55. The first-order chi connectivity index (χ1) is 10.7. The zero-order valence-corrected chi connectivity index (χ0v) is 14.4. The van der Waals surface area contributed by atoms with E-state index in [9.17, 15) is 0 Å². The van der Waals surface area contributed by atoms with Crippen molar-refractivity contribution in [2.45, 2.75) is 39.0 Å². The number of hydrogen-bond acceptors (Lipinski definition) is 1. The molecule has 1 unspecified atom stereocenters. The third-order valence-electron chi connectivity index (χ3n) is 4.12. The Morgan fingerprint density at radius 3 is 2.09 bits per heavy atom. The lowest BCUT2D eigenvalue weighted by Gasteiger charge is -2.13. The Morgan fingerprint density at radius 1 is 0.909 bits per heavy atom. The van der Waals surface area contributed by atoms with E-state index in [0.29, 0.717) is 5.92 Å². The van der Waals surface area contributed by atoms with Gasteiger partial charge in [0.05, 0.1) is 0 Å². The van der Waals surface area contributed by atoms with Crippen LogP contribution in [0.5, 0.6) is 0 Å². The molecule has 0 radical (unpaired) electrons. The molecule has 0 aliphatic carbocycles. The van der Waals surface area contributed by atoms with Crippen LogP contribution in [-0.2, 0) is 0 Å². The van der Waals surface area contributed by atoms with E-state index in [2.05, 4.69) is 55.6 Å². The van der Waals surface area contributed by atoms with Crippen molar-refractivity contribution < 1.29 is 0 Å². The Hall–Kier alpha value is -1.31. The lowest BCUT2D eigenvalue weighted by Crippen LogP contribution is -2.18. The van der Waals surface area contributed by atoms with Crippen LogP contribution in [0.15, 0.2) is 48.5 Å². The first kappa shape index (κ1) is 17.1. The van der Waals surface area contributed by atoms with Crippen molar-refractivity contribution in [3.63, 3.8) is 0 Å². The van der Waals surface area contributed by atoms with Crippen LogP contribution in [0.4, 0.5) is 0 Å². The van der Waals surface area contributed by atoms with Gasteiger partial charge in [0.25, 0.3) is 0 Å². The summed E-state index contributed by atoms with van der Waals surface area (Å²) in [5.74, 6) is 0.591. The number of nitrogens with one attached hydrogen (secondary N) is 1. The SMILES string of the molecule is CCCCNCCC(C)c1ccc(-c2ccc(Cl)cc2)cc1. The highest BCUT2D eigenvalue weighted by molar-refractivity contribution is 6.30. The van der Waals surface area contributed by atoms with Gasteiger partial charge in [-0.2, -0.15) is 0 Å². The predicted octanol–water partition coefficient (Wildman–Crippen LogP) is 5.89. The standard InChI is InChI=1S/C20H26ClN/c1-3-4-14-22-15-13-16(2)17-5-7-18(8-6-17)19-9-11-20(21)12-10-19/h5-12,16,22H,3-4,13-15H2,1-2H3. The van der Waals surface area contributed by atoms with Gasteiger partial charge in [-0.15, -0.1) is 0 Å². The number of unbranched alkanes of at least 4 members (excludes halogenated alkanes) is 1. The van der Waals surface area contributed by atoms with E-state index in [-0.39, 0.29) is 0 Å². The normalized spacial score (nSPS) is 12.3. The fourth-order valence-electron chi connectivity index (χ4n) is 2.56. The van der Waals surface area contributed by atoms with Crippen LogP contribution in [0.3, 0.4) is 0 Å². The Bertz CT molecular complexity index is 545. The third kappa shape index (κ3) is 5.15. The van der Waals surface area contributed by atoms with Crippen LogP contribution in [0, 0.1) is 0 Å². The molecular formula is C20H26ClN. The molecule has 2 aromatic carbocycles. The lowest BCUT2D eigenvalue weighted by molar-refractivity contribution is 0.578. The maximum absolute atomic E-state index is 5.94. The topological polar surface area (TPSA) is 12.0 Å². The third-order valence-corrected chi connectivity index (χ3v) is 4.37. The van der Waals surface area contributed by atoms with Crippen LogP contribution in [-0.4, -0.2) is 13.1 Å². The summed E-state index contributed by atoms with van der Waals surface area (Å²) in [5, 5.41) is 4.30. The van der Waals surface area contributed by atoms with Crippen molar-refractivity contribution >= 4 is 11.6 Å². The van der Waals surface area contributed by atoms with Crippen LogP contribution >= 0.6 is 11.6 Å². The summed E-state index contributed by atoms with van der Waals surface area (Å²) in [6.45, 7) is 6.77. The van der Waals surface area contributed by atoms with Crippen molar-refractivity contribution in [1.29, 1.82) is 0 Å². The first-order valence-electron chi connectivity index (χ1n) is 8.27. The molecule has 1 nitrogen and oxygen atoms in total. The Morgan fingerprint density at radius 2 is 1.50 bits per heavy atom. The first-order valence-corrected chi connectivity index (χ1v) is 8.65. The Balaban J connectivity index is 1.89. The van der Waals surface area contributed by atoms with E-state index in [4.69, 9.17) is 11.6 Å². The number of benzene rings is 2. The summed E-state index contributed by atoms with van der Waals surface area (Å²) in [5.41, 5.74) is 3.87. The molecule has 0 heterocycles. The largest absolute Gasteiger partial charge is 0.317 e. The zero-order chi connectivity index (χ0) is 15.8. The molecular weight excluding hydrogens is 290 g/mol. The number of rotatable bonds is 8. The summed E-state index contributed by atoms with van der Waals surface area (Å²) in [6.07, 6.45) is 3.71. The highest BCUT2D eigenvalue weighted by atomic mass is 35.5. The van der Waals surface area contributed by atoms with E-state index < -0.39 is 0 Å². The minimum absolute atomic E-state index is 0.591. The van der Waals surface area contributed by atoms with Crippen LogP contribution in [0.1, 0.15) is 44.6 Å². The molecule has 2 aromatic rings. The molecule has 1 N–H and O–H groups in total. The molecule has 1 atom stereocenters. The molecule has 2 rings (SSSR count). The monoisotopic (exact) mass is 315 g/mol. The molecule has 118 valence electrons. The second-order valence-corrected chi connectivity index (χ2v) is 6.36. The van der Waals surface area contributed by atoms with Crippen LogP contribution in [0.2, 0.25) is 5.02 Å². The summed E-state index contributed by atoms with van der Waals surface area (Å²) in [4.78, 5) is 0. The molecule has 0 amide bonds. The highest BCUT2D eigenvalue weighted by Crippen LogP contribution is 2.25. The molecule has 22 heavy (non-hydrogen) atoms. The molecule has 2 heteroatoms. The zero-order valence-electron chi connectivity index (χ0n) is 13.6. The molecule has 0 aliphatic rings. The minimum atomic E-state index is 0.591. The second-order valence-electron chi connectivity index (χ2n) is 5.92. The van der Waals surface area contributed by atoms with Crippen molar-refractivity contribution in [3.05, 3.63) is 59.1 Å². The molecule has 0 saturated carbocycles. The van der Waals surface area contributed by atoms with Crippen molar-refractivity contribution in [1.82, 2.24) is 5.32 Å². The van der Waals surface area contributed by atoms with Gasteiger partial charge in [0, 0.05) is 5.02 Å². The predicted molar refractivity (Wildman–Crippen MR) is 97.7 cm³/mol. The maximum atomic E-state index is 5.94. The van der Waals surface area contributed by atoms with Gasteiger partial charge in [-0.05, 0) is 60.7 Å². The highest BCUT2D eigenvalue weighted by Gasteiger charge is 2.06. The van der Waals surface area contributed by atoms with E-state index in [1.807, 2.05) is 12.1 Å². The Labute approximate surface area is 139 Å². The van der Waals surface area contributed by atoms with Gasteiger partial charge in [0.2, 0.25) is 0 Å². The molecule has 0 bridgehead atoms. The summed E-state index contributed by atoms with van der Waals surface area (Å²) in [7, 11) is 0. The second kappa shape index (κ2) is 8.97. The average molecular weight is 316 g/mol. The van der Waals surface area contributed by atoms with Crippen molar-refractivity contribution in [2.24, 2.45) is 0 Å². The fourth-order valence-corrected chi connectivity index (χ4v) is 2.68. The van der Waals surface area contributed by atoms with Gasteiger partial charge in [-0.3, -0.25) is 0 Å². The van der Waals surface area contributed by atoms with Crippen molar-refractivity contribution in [2.75, 3.05) is 13.1 Å². The smallest absolute Gasteiger partial charge is 0.0406 e. The van der Waals surface area contributed by atoms with E-state index in [0.717, 1.165) is 18.1 Å². The minimum Gasteiger partial charge on any atom is -0.317 e. The molecule has 0 fully saturated rings. The summed E-state index contributed by atoms with van der Waals surface area (Å²) >= 11 is 5.94. The Kier molecular flexibility index (Phi) is 6.95. The van der Waals surface area contributed by atoms with Crippen molar-refractivity contribution in [3.8, 4) is 11.1 Å². The van der Waals surface area contributed by atoms with Gasteiger partial charge >= 0.3 is 0 Å². The van der Waals surface area contributed by atoms with Gasteiger partial charge in [-0.1, -0.05) is 68.3 Å². The molecule has 0 aromatic heterocycles. The lowest BCUT2D eigenvalue weighted by atomic mass is 9.95. The quantitative estimate of drug-likeness (QED) is 0.599. The van der Waals surface area contributed by atoms with Gasteiger partial charge in [0.15, 0.2) is 0 Å². The van der Waals surface area contributed by atoms with E-state index >= 15 is 0 Å². The van der Waals surface area contributed by atoms with E-state index in [1.54, 1.807) is 0 Å². The number of hydrogen-bond donors (Lipinski definition) is 1. The van der Waals surface area contributed by atoms with Gasteiger partial charge < -0.3 is 5.32 Å².